The smallest absolute Gasteiger partial charge is 0.123 e. The van der Waals surface area contributed by atoms with Gasteiger partial charge in [0.05, 0.1) is 17.6 Å². The molecule has 1 saturated carbocycles. The van der Waals surface area contributed by atoms with Crippen molar-refractivity contribution in [2.45, 2.75) is 52.6 Å². The highest BCUT2D eigenvalue weighted by atomic mass is 19.1. The Morgan fingerprint density at radius 3 is 2.19 bits per heavy atom. The number of rotatable bonds is 2. The number of hydrogen-bond donors (Lipinski definition) is 1. The molecule has 0 aromatic heterocycles. The van der Waals surface area contributed by atoms with Gasteiger partial charge in [0, 0.05) is 0 Å². The highest BCUT2D eigenvalue weighted by Crippen LogP contribution is 2.50. The summed E-state index contributed by atoms with van der Waals surface area (Å²) < 4.78 is 13.0. The molecule has 1 unspecified atom stereocenters. The second-order valence-corrected chi connectivity index (χ2v) is 7.36. The minimum atomic E-state index is -0.844. The van der Waals surface area contributed by atoms with Gasteiger partial charge in [0.2, 0.25) is 0 Å². The van der Waals surface area contributed by atoms with Gasteiger partial charge in [-0.25, -0.2) is 4.39 Å². The zero-order chi connectivity index (χ0) is 15.7. The van der Waals surface area contributed by atoms with Crippen molar-refractivity contribution < 1.29 is 9.50 Å². The summed E-state index contributed by atoms with van der Waals surface area (Å²) in [6.45, 7) is 6.69. The lowest BCUT2D eigenvalue weighted by atomic mass is 9.62. The number of hydrogen-bond acceptors (Lipinski definition) is 2. The summed E-state index contributed by atoms with van der Waals surface area (Å²) in [6, 6.07) is 8.19. The zero-order valence-corrected chi connectivity index (χ0v) is 13.1. The molecule has 2 nitrogen and oxygen atoms in total. The predicted molar refractivity (Wildman–Crippen MR) is 80.8 cm³/mol. The fourth-order valence-electron chi connectivity index (χ4n) is 3.41. The molecule has 21 heavy (non-hydrogen) atoms. The minimum absolute atomic E-state index is 0.239. The van der Waals surface area contributed by atoms with Crippen LogP contribution in [0.15, 0.2) is 24.3 Å². The summed E-state index contributed by atoms with van der Waals surface area (Å²) in [5.41, 5.74) is 0.134. The molecule has 1 fully saturated rings. The third-order valence-electron chi connectivity index (χ3n) is 5.03. The van der Waals surface area contributed by atoms with E-state index in [2.05, 4.69) is 26.8 Å². The molecule has 0 bridgehead atoms. The van der Waals surface area contributed by atoms with Crippen LogP contribution in [-0.2, 0) is 0 Å². The molecule has 1 N–H and O–H groups in total. The Labute approximate surface area is 126 Å². The van der Waals surface area contributed by atoms with Crippen LogP contribution in [0.1, 0.15) is 58.1 Å². The van der Waals surface area contributed by atoms with E-state index >= 15 is 0 Å². The fourth-order valence-corrected chi connectivity index (χ4v) is 3.41. The van der Waals surface area contributed by atoms with Gasteiger partial charge in [0.25, 0.3) is 0 Å². The maximum absolute atomic E-state index is 13.0. The van der Waals surface area contributed by atoms with Crippen LogP contribution in [0.3, 0.4) is 0 Å². The first-order chi connectivity index (χ1) is 9.78. The van der Waals surface area contributed by atoms with Gasteiger partial charge in [-0.1, -0.05) is 32.9 Å². The van der Waals surface area contributed by atoms with Gasteiger partial charge in [-0.3, -0.25) is 0 Å². The SMILES string of the molecule is CC(C)(C)C1CCC(C#N)(C(O)c2ccc(F)cc2)CC1. The molecule has 1 aliphatic rings. The number of benzene rings is 1. The first kappa shape index (κ1) is 16.0. The van der Waals surface area contributed by atoms with Gasteiger partial charge in [0.1, 0.15) is 5.82 Å². The van der Waals surface area contributed by atoms with Crippen LogP contribution >= 0.6 is 0 Å². The van der Waals surface area contributed by atoms with Crippen molar-refractivity contribution in [3.63, 3.8) is 0 Å². The quantitative estimate of drug-likeness (QED) is 0.864. The lowest BCUT2D eigenvalue weighted by Crippen LogP contribution is -2.36. The number of nitriles is 1. The number of halogens is 1. The van der Waals surface area contributed by atoms with Gasteiger partial charge >= 0.3 is 0 Å². The van der Waals surface area contributed by atoms with E-state index in [0.717, 1.165) is 12.8 Å². The lowest BCUT2D eigenvalue weighted by Gasteiger charge is -2.42. The summed E-state index contributed by atoms with van der Waals surface area (Å²) in [6.07, 6.45) is 2.46. The molecule has 1 aromatic rings. The average molecular weight is 289 g/mol. The molecule has 0 amide bonds. The van der Waals surface area contributed by atoms with Gasteiger partial charge in [-0.15, -0.1) is 0 Å². The number of nitrogens with zero attached hydrogens (tertiary/aromatic N) is 1. The first-order valence-corrected chi connectivity index (χ1v) is 7.63. The standard InChI is InChI=1S/C18H24FNO/c1-17(2,3)14-8-10-18(12-20,11-9-14)16(21)13-4-6-15(19)7-5-13/h4-7,14,16,21H,8-11H2,1-3H3. The zero-order valence-electron chi connectivity index (χ0n) is 13.1. The van der Waals surface area contributed by atoms with Crippen molar-refractivity contribution in [1.82, 2.24) is 0 Å². The van der Waals surface area contributed by atoms with Crippen molar-refractivity contribution in [3.05, 3.63) is 35.6 Å². The molecule has 0 saturated heterocycles. The van der Waals surface area contributed by atoms with Crippen LogP contribution in [0, 0.1) is 33.9 Å². The second-order valence-electron chi connectivity index (χ2n) is 7.36. The molecule has 0 aliphatic heterocycles. The van der Waals surface area contributed by atoms with E-state index in [-0.39, 0.29) is 11.2 Å². The Morgan fingerprint density at radius 1 is 1.24 bits per heavy atom. The van der Waals surface area contributed by atoms with E-state index in [4.69, 9.17) is 0 Å². The van der Waals surface area contributed by atoms with Crippen molar-refractivity contribution in [1.29, 1.82) is 5.26 Å². The van der Waals surface area contributed by atoms with E-state index in [0.29, 0.717) is 24.3 Å². The predicted octanol–water partition coefficient (Wildman–Crippen LogP) is 4.61. The Morgan fingerprint density at radius 2 is 1.76 bits per heavy atom. The van der Waals surface area contributed by atoms with Gasteiger partial charge in [-0.2, -0.15) is 5.26 Å². The summed E-state index contributed by atoms with van der Waals surface area (Å²) in [4.78, 5) is 0. The van der Waals surface area contributed by atoms with Crippen molar-refractivity contribution in [2.24, 2.45) is 16.7 Å². The van der Waals surface area contributed by atoms with Gasteiger partial charge < -0.3 is 5.11 Å². The monoisotopic (exact) mass is 289 g/mol. The van der Waals surface area contributed by atoms with Crippen molar-refractivity contribution in [2.75, 3.05) is 0 Å². The molecule has 1 atom stereocenters. The maximum atomic E-state index is 13.0. The largest absolute Gasteiger partial charge is 0.387 e. The van der Waals surface area contributed by atoms with Crippen molar-refractivity contribution >= 4 is 0 Å². The Balaban J connectivity index is 2.17. The Kier molecular flexibility index (Phi) is 4.39. The molecule has 1 aliphatic carbocycles. The molecule has 2 rings (SSSR count). The molecule has 114 valence electrons. The molecular weight excluding hydrogens is 265 g/mol. The molecule has 0 heterocycles. The summed E-state index contributed by atoms with van der Waals surface area (Å²) in [5.74, 6) is 0.257. The third-order valence-corrected chi connectivity index (χ3v) is 5.03. The van der Waals surface area contributed by atoms with E-state index < -0.39 is 11.5 Å². The summed E-state index contributed by atoms with van der Waals surface area (Å²) >= 11 is 0. The van der Waals surface area contributed by atoms with Gasteiger partial charge in [0.15, 0.2) is 0 Å². The number of aliphatic hydroxyl groups excluding tert-OH is 1. The highest BCUT2D eigenvalue weighted by Gasteiger charge is 2.44. The normalized spacial score (nSPS) is 27.9. The van der Waals surface area contributed by atoms with Gasteiger partial charge in [-0.05, 0) is 54.7 Å². The summed E-state index contributed by atoms with van der Waals surface area (Å²) in [5, 5.41) is 20.3. The van der Waals surface area contributed by atoms with Crippen LogP contribution in [0.5, 0.6) is 0 Å². The van der Waals surface area contributed by atoms with Crippen LogP contribution < -0.4 is 0 Å². The number of aliphatic hydroxyl groups is 1. The van der Waals surface area contributed by atoms with E-state index in [1.807, 2.05) is 0 Å². The molecule has 0 radical (unpaired) electrons. The fraction of sp³-hybridized carbons (Fsp3) is 0.611. The van der Waals surface area contributed by atoms with E-state index in [1.165, 1.54) is 12.1 Å². The molecule has 0 spiro atoms. The maximum Gasteiger partial charge on any atom is 0.123 e. The first-order valence-electron chi connectivity index (χ1n) is 7.63. The van der Waals surface area contributed by atoms with E-state index in [1.54, 1.807) is 12.1 Å². The lowest BCUT2D eigenvalue weighted by molar-refractivity contribution is 0.00838. The third kappa shape index (κ3) is 3.27. The van der Waals surface area contributed by atoms with E-state index in [9.17, 15) is 14.8 Å². The average Bonchev–Trinajstić information content (AvgIpc) is 2.46. The summed E-state index contributed by atoms with van der Waals surface area (Å²) in [7, 11) is 0. The van der Waals surface area contributed by atoms with Crippen molar-refractivity contribution in [3.8, 4) is 6.07 Å². The Hall–Kier alpha value is -1.40. The van der Waals surface area contributed by atoms with Crippen LogP contribution in [0.2, 0.25) is 0 Å². The second kappa shape index (κ2) is 5.77. The van der Waals surface area contributed by atoms with Crippen LogP contribution in [-0.4, -0.2) is 5.11 Å². The highest BCUT2D eigenvalue weighted by molar-refractivity contribution is 5.24. The van der Waals surface area contributed by atoms with Crippen LogP contribution in [0.4, 0.5) is 4.39 Å². The molecule has 3 heteroatoms. The topological polar surface area (TPSA) is 44.0 Å². The minimum Gasteiger partial charge on any atom is -0.387 e. The molecule has 1 aromatic carbocycles. The van der Waals surface area contributed by atoms with Crippen LogP contribution in [0.25, 0.3) is 0 Å². The molecular formula is C18H24FNO. The Bertz CT molecular complexity index is 516.